The third kappa shape index (κ3) is 1.56. The standard InChI is InChI=1S/C8H11ClFN/c1-8(2,3)6-5(10)4-11-7(6)9/h4,11H,1-3H3. The summed E-state index contributed by atoms with van der Waals surface area (Å²) in [7, 11) is 0. The number of hydrogen-bond donors (Lipinski definition) is 1. The monoisotopic (exact) mass is 175 g/mol. The van der Waals surface area contributed by atoms with Gasteiger partial charge in [-0.2, -0.15) is 0 Å². The Labute approximate surface area is 70.6 Å². The largest absolute Gasteiger partial charge is 0.349 e. The molecule has 0 spiro atoms. The van der Waals surface area contributed by atoms with Gasteiger partial charge in [-0.1, -0.05) is 32.4 Å². The molecule has 11 heavy (non-hydrogen) atoms. The van der Waals surface area contributed by atoms with E-state index in [-0.39, 0.29) is 11.2 Å². The molecule has 0 bridgehead atoms. The average molecular weight is 176 g/mol. The van der Waals surface area contributed by atoms with E-state index in [1.165, 1.54) is 6.20 Å². The van der Waals surface area contributed by atoms with Crippen LogP contribution in [0.2, 0.25) is 5.15 Å². The third-order valence-electron chi connectivity index (χ3n) is 1.53. The highest BCUT2D eigenvalue weighted by molar-refractivity contribution is 6.30. The first-order valence-corrected chi connectivity index (χ1v) is 3.83. The van der Waals surface area contributed by atoms with Gasteiger partial charge in [-0.3, -0.25) is 0 Å². The van der Waals surface area contributed by atoms with Crippen LogP contribution in [0.3, 0.4) is 0 Å². The van der Waals surface area contributed by atoms with Crippen LogP contribution < -0.4 is 0 Å². The van der Waals surface area contributed by atoms with Crippen LogP contribution in [0, 0.1) is 5.82 Å². The van der Waals surface area contributed by atoms with E-state index in [2.05, 4.69) is 4.98 Å². The second kappa shape index (κ2) is 2.52. The van der Waals surface area contributed by atoms with Crippen LogP contribution >= 0.6 is 11.6 Å². The molecule has 0 aliphatic heterocycles. The molecule has 0 aliphatic carbocycles. The predicted molar refractivity (Wildman–Crippen MR) is 44.5 cm³/mol. The molecule has 0 saturated heterocycles. The van der Waals surface area contributed by atoms with E-state index < -0.39 is 0 Å². The van der Waals surface area contributed by atoms with Crippen molar-refractivity contribution in [3.63, 3.8) is 0 Å². The fourth-order valence-electron chi connectivity index (χ4n) is 1.06. The van der Waals surface area contributed by atoms with Gasteiger partial charge in [0, 0.05) is 11.8 Å². The van der Waals surface area contributed by atoms with Gasteiger partial charge in [0.05, 0.1) is 0 Å². The molecule has 0 saturated carbocycles. The Morgan fingerprint density at radius 2 is 2.00 bits per heavy atom. The quantitative estimate of drug-likeness (QED) is 0.624. The normalized spacial score (nSPS) is 12.1. The molecule has 1 rings (SSSR count). The Morgan fingerprint density at radius 1 is 1.45 bits per heavy atom. The first-order chi connectivity index (χ1) is 4.93. The number of halogens is 2. The topological polar surface area (TPSA) is 15.8 Å². The van der Waals surface area contributed by atoms with Gasteiger partial charge in [-0.05, 0) is 5.41 Å². The van der Waals surface area contributed by atoms with Crippen molar-refractivity contribution in [3.05, 3.63) is 22.7 Å². The van der Waals surface area contributed by atoms with E-state index in [4.69, 9.17) is 11.6 Å². The molecule has 0 radical (unpaired) electrons. The maximum Gasteiger partial charge on any atom is 0.145 e. The summed E-state index contributed by atoms with van der Waals surface area (Å²) in [6.07, 6.45) is 1.28. The summed E-state index contributed by atoms with van der Waals surface area (Å²) in [5, 5.41) is 0.398. The SMILES string of the molecule is CC(C)(C)c1c(F)c[nH]c1Cl. The molecule has 0 aliphatic rings. The van der Waals surface area contributed by atoms with Crippen LogP contribution in [0.25, 0.3) is 0 Å². The van der Waals surface area contributed by atoms with Crippen molar-refractivity contribution in [2.45, 2.75) is 26.2 Å². The van der Waals surface area contributed by atoms with E-state index in [9.17, 15) is 4.39 Å². The molecule has 1 nitrogen and oxygen atoms in total. The van der Waals surface area contributed by atoms with Crippen molar-refractivity contribution in [2.75, 3.05) is 0 Å². The van der Waals surface area contributed by atoms with Gasteiger partial charge in [0.1, 0.15) is 11.0 Å². The number of hydrogen-bond acceptors (Lipinski definition) is 0. The van der Waals surface area contributed by atoms with Gasteiger partial charge in [-0.15, -0.1) is 0 Å². The summed E-state index contributed by atoms with van der Waals surface area (Å²) in [5.41, 5.74) is 0.320. The molecule has 0 fully saturated rings. The van der Waals surface area contributed by atoms with Gasteiger partial charge in [0.25, 0.3) is 0 Å². The fraction of sp³-hybridized carbons (Fsp3) is 0.500. The summed E-state index contributed by atoms with van der Waals surface area (Å²) < 4.78 is 13.0. The molecule has 1 aromatic heterocycles. The molecule has 0 amide bonds. The highest BCUT2D eigenvalue weighted by Crippen LogP contribution is 2.30. The number of nitrogens with one attached hydrogen (secondary N) is 1. The second-order valence-corrected chi connectivity index (χ2v) is 3.95. The Kier molecular flexibility index (Phi) is 1.97. The van der Waals surface area contributed by atoms with Gasteiger partial charge < -0.3 is 4.98 Å². The van der Waals surface area contributed by atoms with E-state index in [0.29, 0.717) is 10.7 Å². The maximum atomic E-state index is 13.0. The van der Waals surface area contributed by atoms with Gasteiger partial charge in [0.2, 0.25) is 0 Å². The summed E-state index contributed by atoms with van der Waals surface area (Å²) >= 11 is 5.73. The number of aromatic nitrogens is 1. The predicted octanol–water partition coefficient (Wildman–Crippen LogP) is 3.10. The molecule has 62 valence electrons. The summed E-state index contributed by atoms with van der Waals surface area (Å²) in [6.45, 7) is 5.77. The Bertz CT molecular complexity index is 240. The van der Waals surface area contributed by atoms with Crippen LogP contribution in [-0.4, -0.2) is 4.98 Å². The van der Waals surface area contributed by atoms with Crippen molar-refractivity contribution in [1.29, 1.82) is 0 Å². The van der Waals surface area contributed by atoms with Gasteiger partial charge in [-0.25, -0.2) is 4.39 Å². The minimum absolute atomic E-state index is 0.235. The van der Waals surface area contributed by atoms with Crippen LogP contribution in [0.1, 0.15) is 26.3 Å². The van der Waals surface area contributed by atoms with Crippen molar-refractivity contribution >= 4 is 11.6 Å². The zero-order valence-electron chi connectivity index (χ0n) is 6.83. The first-order valence-electron chi connectivity index (χ1n) is 3.46. The van der Waals surface area contributed by atoms with E-state index in [1.54, 1.807) is 0 Å². The van der Waals surface area contributed by atoms with Crippen LogP contribution in [-0.2, 0) is 5.41 Å². The van der Waals surface area contributed by atoms with Crippen LogP contribution in [0.5, 0.6) is 0 Å². The second-order valence-electron chi connectivity index (χ2n) is 3.58. The lowest BCUT2D eigenvalue weighted by Gasteiger charge is -2.17. The minimum Gasteiger partial charge on any atom is -0.349 e. The summed E-state index contributed by atoms with van der Waals surface area (Å²) in [5.74, 6) is -0.262. The molecular formula is C8H11ClFN. The first kappa shape index (κ1) is 8.60. The molecule has 1 aromatic rings. The molecule has 0 aromatic carbocycles. The highest BCUT2D eigenvalue weighted by atomic mass is 35.5. The lowest BCUT2D eigenvalue weighted by atomic mass is 9.89. The molecule has 1 heterocycles. The number of rotatable bonds is 0. The minimum atomic E-state index is -0.262. The van der Waals surface area contributed by atoms with E-state index in [0.717, 1.165) is 0 Å². The van der Waals surface area contributed by atoms with E-state index in [1.807, 2.05) is 20.8 Å². The molecular weight excluding hydrogens is 165 g/mol. The van der Waals surface area contributed by atoms with Gasteiger partial charge in [0.15, 0.2) is 0 Å². The summed E-state index contributed by atoms with van der Waals surface area (Å²) in [4.78, 5) is 2.63. The summed E-state index contributed by atoms with van der Waals surface area (Å²) in [6, 6.07) is 0. The number of aromatic amines is 1. The van der Waals surface area contributed by atoms with Crippen LogP contribution in [0.4, 0.5) is 4.39 Å². The zero-order valence-corrected chi connectivity index (χ0v) is 7.59. The Morgan fingerprint density at radius 3 is 2.18 bits per heavy atom. The highest BCUT2D eigenvalue weighted by Gasteiger charge is 2.22. The molecule has 0 atom stereocenters. The van der Waals surface area contributed by atoms with Crippen LogP contribution in [0.15, 0.2) is 6.20 Å². The van der Waals surface area contributed by atoms with Crippen molar-refractivity contribution < 1.29 is 4.39 Å². The fourth-order valence-corrected chi connectivity index (χ4v) is 1.49. The lowest BCUT2D eigenvalue weighted by molar-refractivity contribution is 0.529. The molecule has 0 unspecified atom stereocenters. The molecule has 3 heteroatoms. The third-order valence-corrected chi connectivity index (χ3v) is 1.83. The Hall–Kier alpha value is -0.500. The van der Waals surface area contributed by atoms with Crippen molar-refractivity contribution in [3.8, 4) is 0 Å². The maximum absolute atomic E-state index is 13.0. The smallest absolute Gasteiger partial charge is 0.145 e. The molecule has 1 N–H and O–H groups in total. The van der Waals surface area contributed by atoms with Crippen molar-refractivity contribution in [2.24, 2.45) is 0 Å². The van der Waals surface area contributed by atoms with Crippen molar-refractivity contribution in [1.82, 2.24) is 4.98 Å². The zero-order chi connectivity index (χ0) is 8.65. The van der Waals surface area contributed by atoms with Gasteiger partial charge >= 0.3 is 0 Å². The number of H-pyrrole nitrogens is 1. The van der Waals surface area contributed by atoms with E-state index >= 15 is 0 Å². The lowest BCUT2D eigenvalue weighted by Crippen LogP contribution is -2.12. The average Bonchev–Trinajstić information content (AvgIpc) is 2.08. The Balaban J connectivity index is 3.21.